The lowest BCUT2D eigenvalue weighted by Gasteiger charge is -2.16. The molecule has 0 spiro atoms. The van der Waals surface area contributed by atoms with Crippen LogP contribution in [-0.2, 0) is 16.2 Å². The van der Waals surface area contributed by atoms with E-state index < -0.39 is 5.91 Å². The third kappa shape index (κ3) is 6.87. The zero-order valence-electron chi connectivity index (χ0n) is 17.4. The molecule has 0 aliphatic carbocycles. The van der Waals surface area contributed by atoms with Crippen LogP contribution in [0, 0.1) is 0 Å². The normalized spacial score (nSPS) is 10.7. The zero-order valence-corrected chi connectivity index (χ0v) is 18.9. The highest BCUT2D eigenvalue weighted by Crippen LogP contribution is 2.29. The largest absolute Gasteiger partial charge is 0.489 e. The molecule has 0 unspecified atom stereocenters. The lowest BCUT2D eigenvalue weighted by Crippen LogP contribution is -2.34. The molecule has 0 atom stereocenters. The third-order valence-electron chi connectivity index (χ3n) is 4.51. The van der Waals surface area contributed by atoms with Gasteiger partial charge < -0.3 is 15.0 Å². The molecule has 5 nitrogen and oxygen atoms in total. The maximum Gasteiger partial charge on any atom is 0.246 e. The van der Waals surface area contributed by atoms with Crippen LogP contribution in [0.3, 0.4) is 0 Å². The number of anilines is 1. The number of nitrogens with zero attached hydrogens (tertiary/aromatic N) is 1. The van der Waals surface area contributed by atoms with Crippen molar-refractivity contribution in [1.29, 1.82) is 0 Å². The monoisotopic (exact) mass is 468 g/mol. The van der Waals surface area contributed by atoms with E-state index in [1.54, 1.807) is 31.3 Å². The fraction of sp³-hybridized carbons (Fsp3) is 0.120. The molecule has 32 heavy (non-hydrogen) atoms. The summed E-state index contributed by atoms with van der Waals surface area (Å²) >= 11 is 12.1. The van der Waals surface area contributed by atoms with Crippen LogP contribution in [0.4, 0.5) is 5.69 Å². The molecule has 0 heterocycles. The topological polar surface area (TPSA) is 58.6 Å². The average molecular weight is 469 g/mol. The van der Waals surface area contributed by atoms with Gasteiger partial charge in [-0.15, -0.1) is 0 Å². The van der Waals surface area contributed by atoms with Crippen LogP contribution >= 0.6 is 23.2 Å². The van der Waals surface area contributed by atoms with Crippen LogP contribution < -0.4 is 10.1 Å². The number of carbonyl (C=O) groups excluding carboxylic acids is 2. The van der Waals surface area contributed by atoms with E-state index in [0.29, 0.717) is 28.1 Å². The number of amides is 2. The molecule has 0 radical (unpaired) electrons. The zero-order chi connectivity index (χ0) is 22.9. The van der Waals surface area contributed by atoms with Crippen molar-refractivity contribution in [2.45, 2.75) is 6.61 Å². The predicted octanol–water partition coefficient (Wildman–Crippen LogP) is 5.68. The van der Waals surface area contributed by atoms with E-state index in [9.17, 15) is 9.59 Å². The Balaban J connectivity index is 1.54. The van der Waals surface area contributed by atoms with Gasteiger partial charge in [0.15, 0.2) is 0 Å². The smallest absolute Gasteiger partial charge is 0.246 e. The Labute approximate surface area is 197 Å². The number of hydrogen-bond donors (Lipinski definition) is 1. The summed E-state index contributed by atoms with van der Waals surface area (Å²) in [5.41, 5.74) is 2.20. The van der Waals surface area contributed by atoms with Crippen LogP contribution in [0.2, 0.25) is 10.0 Å². The molecule has 3 aromatic carbocycles. The third-order valence-corrected chi connectivity index (χ3v) is 5.14. The van der Waals surface area contributed by atoms with E-state index in [-0.39, 0.29) is 12.5 Å². The number of hydrogen-bond acceptors (Lipinski definition) is 3. The van der Waals surface area contributed by atoms with Gasteiger partial charge in [0.2, 0.25) is 11.8 Å². The minimum atomic E-state index is -0.402. The first-order chi connectivity index (χ1) is 15.4. The molecular weight excluding hydrogens is 447 g/mol. The summed E-state index contributed by atoms with van der Waals surface area (Å²) in [6, 6.07) is 22.2. The summed E-state index contributed by atoms with van der Waals surface area (Å²) < 4.78 is 5.81. The molecule has 0 bridgehead atoms. The van der Waals surface area contributed by atoms with Crippen LogP contribution in [0.25, 0.3) is 6.08 Å². The highest BCUT2D eigenvalue weighted by Gasteiger charge is 2.14. The van der Waals surface area contributed by atoms with Gasteiger partial charge in [0.1, 0.15) is 12.4 Å². The molecule has 2 amide bonds. The van der Waals surface area contributed by atoms with Gasteiger partial charge in [0.25, 0.3) is 0 Å². The first kappa shape index (κ1) is 23.4. The summed E-state index contributed by atoms with van der Waals surface area (Å²) in [5.74, 6) is -0.0191. The van der Waals surface area contributed by atoms with Crippen molar-refractivity contribution in [3.8, 4) is 5.75 Å². The van der Waals surface area contributed by atoms with E-state index in [1.807, 2.05) is 54.6 Å². The van der Waals surface area contributed by atoms with Gasteiger partial charge >= 0.3 is 0 Å². The van der Waals surface area contributed by atoms with Crippen molar-refractivity contribution in [3.63, 3.8) is 0 Å². The average Bonchev–Trinajstić information content (AvgIpc) is 2.79. The summed E-state index contributed by atoms with van der Waals surface area (Å²) in [7, 11) is 1.54. The number of para-hydroxylation sites is 1. The summed E-state index contributed by atoms with van der Waals surface area (Å²) in [6.07, 6.45) is 3.09. The van der Waals surface area contributed by atoms with E-state index in [4.69, 9.17) is 27.9 Å². The quantitative estimate of drug-likeness (QED) is 0.432. The standard InChI is InChI=1S/C25H22Cl2N2O3/c1-29(16-23(30)28-25-21(26)11-6-12-22(25)27)24(31)14-13-18-9-5-10-20(15-18)32-17-19-7-3-2-4-8-19/h2-15H,16-17H2,1H3,(H,28,30)/b14-13+. The Morgan fingerprint density at radius 2 is 1.66 bits per heavy atom. The SMILES string of the molecule is CN(CC(=O)Nc1c(Cl)cccc1Cl)C(=O)/C=C/c1cccc(OCc2ccccc2)c1. The first-order valence-corrected chi connectivity index (χ1v) is 10.6. The number of nitrogens with one attached hydrogen (secondary N) is 1. The number of halogens is 2. The highest BCUT2D eigenvalue weighted by molar-refractivity contribution is 6.39. The van der Waals surface area contributed by atoms with E-state index in [2.05, 4.69) is 5.32 Å². The Bertz CT molecular complexity index is 1100. The molecule has 3 rings (SSSR count). The second kappa shape index (κ2) is 11.4. The van der Waals surface area contributed by atoms with Crippen molar-refractivity contribution in [2.75, 3.05) is 18.9 Å². The maximum absolute atomic E-state index is 12.4. The highest BCUT2D eigenvalue weighted by atomic mass is 35.5. The van der Waals surface area contributed by atoms with Gasteiger partial charge in [0, 0.05) is 13.1 Å². The number of rotatable bonds is 8. The Hall–Kier alpha value is -3.28. The van der Waals surface area contributed by atoms with Crippen molar-refractivity contribution in [2.24, 2.45) is 0 Å². The van der Waals surface area contributed by atoms with Crippen LogP contribution in [0.5, 0.6) is 5.75 Å². The number of carbonyl (C=O) groups is 2. The van der Waals surface area contributed by atoms with Crippen LogP contribution in [0.15, 0.2) is 78.9 Å². The molecule has 0 aromatic heterocycles. The molecular formula is C25H22Cl2N2O3. The van der Waals surface area contributed by atoms with Crippen molar-refractivity contribution in [3.05, 3.63) is 100 Å². The molecule has 0 aliphatic heterocycles. The van der Waals surface area contributed by atoms with Gasteiger partial charge in [0.05, 0.1) is 22.3 Å². The van der Waals surface area contributed by atoms with Gasteiger partial charge in [-0.1, -0.05) is 71.7 Å². The van der Waals surface area contributed by atoms with Gasteiger partial charge in [-0.05, 0) is 41.5 Å². The van der Waals surface area contributed by atoms with Crippen molar-refractivity contribution in [1.82, 2.24) is 4.90 Å². The van der Waals surface area contributed by atoms with Gasteiger partial charge in [-0.3, -0.25) is 9.59 Å². The van der Waals surface area contributed by atoms with E-state index in [0.717, 1.165) is 11.1 Å². The number of ether oxygens (including phenoxy) is 1. The van der Waals surface area contributed by atoms with Gasteiger partial charge in [-0.2, -0.15) is 0 Å². The molecule has 0 aliphatic rings. The molecule has 7 heteroatoms. The first-order valence-electron chi connectivity index (χ1n) is 9.86. The number of likely N-dealkylation sites (N-methyl/N-ethyl adjacent to an activating group) is 1. The Kier molecular flexibility index (Phi) is 8.31. The lowest BCUT2D eigenvalue weighted by molar-refractivity contribution is -0.129. The lowest BCUT2D eigenvalue weighted by atomic mass is 10.2. The maximum atomic E-state index is 12.4. The molecule has 0 saturated carbocycles. The summed E-state index contributed by atoms with van der Waals surface area (Å²) in [5, 5.41) is 3.29. The molecule has 3 aromatic rings. The second-order valence-electron chi connectivity index (χ2n) is 7.02. The minimum absolute atomic E-state index is 0.148. The van der Waals surface area contributed by atoms with E-state index in [1.165, 1.54) is 11.0 Å². The Morgan fingerprint density at radius 3 is 2.38 bits per heavy atom. The molecule has 1 N–H and O–H groups in total. The van der Waals surface area contributed by atoms with Crippen LogP contribution in [0.1, 0.15) is 11.1 Å². The molecule has 164 valence electrons. The van der Waals surface area contributed by atoms with E-state index >= 15 is 0 Å². The molecule has 0 saturated heterocycles. The molecule has 0 fully saturated rings. The Morgan fingerprint density at radius 1 is 0.969 bits per heavy atom. The fourth-order valence-corrected chi connectivity index (χ4v) is 3.33. The van der Waals surface area contributed by atoms with Crippen molar-refractivity contribution >= 4 is 46.8 Å². The van der Waals surface area contributed by atoms with Gasteiger partial charge in [-0.25, -0.2) is 0 Å². The fourth-order valence-electron chi connectivity index (χ4n) is 2.83. The summed E-state index contributed by atoms with van der Waals surface area (Å²) in [6.45, 7) is 0.311. The minimum Gasteiger partial charge on any atom is -0.489 e. The number of benzene rings is 3. The predicted molar refractivity (Wildman–Crippen MR) is 129 cm³/mol. The van der Waals surface area contributed by atoms with Crippen LogP contribution in [-0.4, -0.2) is 30.3 Å². The second-order valence-corrected chi connectivity index (χ2v) is 7.83. The summed E-state index contributed by atoms with van der Waals surface area (Å²) in [4.78, 5) is 26.0. The van der Waals surface area contributed by atoms with Crippen molar-refractivity contribution < 1.29 is 14.3 Å².